The van der Waals surface area contributed by atoms with Crippen molar-refractivity contribution in [3.8, 4) is 34.5 Å². The molecule has 14 rings (SSSR count). The van der Waals surface area contributed by atoms with E-state index in [1.54, 1.807) is 74.3 Å². The largest absolute Gasteiger partial charge is 0.493 e. The topological polar surface area (TPSA) is 214 Å². The molecule has 0 radical (unpaired) electrons. The normalized spacial score (nSPS) is 16.8. The zero-order chi connectivity index (χ0) is 87.7. The minimum Gasteiger partial charge on any atom is -0.493 e. The molecule has 3 amide bonds. The number of nitrogens with zero attached hydrogens (tertiary/aromatic N) is 12. The second kappa shape index (κ2) is 43.0. The third-order valence-corrected chi connectivity index (χ3v) is 30.6. The lowest BCUT2D eigenvalue weighted by atomic mass is 9.85. The van der Waals surface area contributed by atoms with Crippen LogP contribution in [0.1, 0.15) is 172 Å². The van der Waals surface area contributed by atoms with Crippen LogP contribution in [0.3, 0.4) is 0 Å². The van der Waals surface area contributed by atoms with Crippen LogP contribution in [0.25, 0.3) is 0 Å². The highest BCUT2D eigenvalue weighted by Crippen LogP contribution is 2.46. The van der Waals surface area contributed by atoms with Gasteiger partial charge in [-0.2, -0.15) is 17.0 Å². The number of fused-ring (bicyclic) bond motifs is 3. The summed E-state index contributed by atoms with van der Waals surface area (Å²) in [6.07, 6.45) is 6.38. The molecule has 123 heavy (non-hydrogen) atoms. The second-order valence-electron chi connectivity index (χ2n) is 32.7. The number of carbonyl (C=O) groups excluding carboxylic acids is 3. The van der Waals surface area contributed by atoms with Gasteiger partial charge in [0.05, 0.1) is 60.8 Å². The quantitative estimate of drug-likeness (QED) is 0.0357. The Kier molecular flexibility index (Phi) is 32.5. The number of ether oxygens (including phenoxy) is 6. The van der Waals surface area contributed by atoms with E-state index in [0.717, 1.165) is 180 Å². The van der Waals surface area contributed by atoms with Crippen molar-refractivity contribution in [3.05, 3.63) is 218 Å². The summed E-state index contributed by atoms with van der Waals surface area (Å²) in [5, 5.41) is 1.77. The fourth-order valence-corrected chi connectivity index (χ4v) is 21.6. The van der Waals surface area contributed by atoms with Crippen molar-refractivity contribution >= 4 is 60.7 Å². The van der Waals surface area contributed by atoms with Crippen molar-refractivity contribution in [1.29, 1.82) is 0 Å². The minimum atomic E-state index is -3.54. The molecule has 8 aromatic rings. The number of methoxy groups -OCH3 is 6. The molecular weight excluding hydrogens is 1610 g/mol. The Morgan fingerprint density at radius 3 is 1.20 bits per heavy atom. The predicted octanol–water partition coefficient (Wildman–Crippen LogP) is 14.3. The van der Waals surface area contributed by atoms with Gasteiger partial charge in [0.1, 0.15) is 4.21 Å². The van der Waals surface area contributed by atoms with Gasteiger partial charge in [0.25, 0.3) is 38.0 Å². The summed E-state index contributed by atoms with van der Waals surface area (Å²) in [6.45, 7) is 24.2. The van der Waals surface area contributed by atoms with E-state index in [-0.39, 0.29) is 35.8 Å². The maximum absolute atomic E-state index is 14.0. The smallest absolute Gasteiger partial charge is 0.281 e. The summed E-state index contributed by atoms with van der Waals surface area (Å²) in [7, 11) is 11.1. The first kappa shape index (κ1) is 92.8. The number of thiophene rings is 1. The number of likely N-dealkylation sites (tertiary alicyclic amines) is 1. The lowest BCUT2D eigenvalue weighted by Gasteiger charge is -2.36. The van der Waals surface area contributed by atoms with Gasteiger partial charge in [-0.1, -0.05) is 99.6 Å². The van der Waals surface area contributed by atoms with Crippen molar-refractivity contribution in [3.63, 3.8) is 0 Å². The zero-order valence-corrected chi connectivity index (χ0v) is 77.0. The molecule has 3 fully saturated rings. The molecule has 25 nitrogen and oxygen atoms in total. The number of hydrogen-bond acceptors (Lipinski definition) is 20. The number of piperazine rings is 2. The van der Waals surface area contributed by atoms with Crippen molar-refractivity contribution < 1.29 is 59.6 Å². The van der Waals surface area contributed by atoms with Crippen LogP contribution in [0.5, 0.6) is 34.5 Å². The number of hydrogen-bond donors (Lipinski definition) is 0. The van der Waals surface area contributed by atoms with Crippen LogP contribution in [0, 0.1) is 0 Å². The molecule has 0 saturated carbocycles. The number of amides is 3. The van der Waals surface area contributed by atoms with E-state index in [0.29, 0.717) is 103 Å². The van der Waals surface area contributed by atoms with Crippen molar-refractivity contribution in [2.24, 2.45) is 0 Å². The van der Waals surface area contributed by atoms with E-state index >= 15 is 0 Å². The Hall–Kier alpha value is -9.33. The number of anilines is 2. The van der Waals surface area contributed by atoms with Gasteiger partial charge in [-0.15, -0.1) is 11.3 Å². The number of piperidine rings is 1. The van der Waals surface area contributed by atoms with E-state index in [4.69, 9.17) is 28.4 Å². The predicted molar refractivity (Wildman–Crippen MR) is 488 cm³/mol. The van der Waals surface area contributed by atoms with Crippen molar-refractivity contribution in [2.45, 2.75) is 127 Å². The molecule has 664 valence electrons. The molecule has 7 heterocycles. The van der Waals surface area contributed by atoms with Crippen LogP contribution in [0.4, 0.5) is 11.4 Å². The van der Waals surface area contributed by atoms with Crippen LogP contribution < -0.4 is 38.2 Å². The van der Waals surface area contributed by atoms with Crippen LogP contribution in [0.2, 0.25) is 0 Å². The fourth-order valence-electron chi connectivity index (χ4n) is 18.3. The van der Waals surface area contributed by atoms with Gasteiger partial charge in [0, 0.05) is 159 Å². The van der Waals surface area contributed by atoms with Crippen LogP contribution in [-0.2, 0) is 46.4 Å². The Morgan fingerprint density at radius 1 is 0.415 bits per heavy atom. The highest BCUT2D eigenvalue weighted by Gasteiger charge is 2.41. The number of sulfonamides is 1. The lowest BCUT2D eigenvalue weighted by molar-refractivity contribution is 0.0679. The van der Waals surface area contributed by atoms with E-state index in [9.17, 15) is 31.2 Å². The lowest BCUT2D eigenvalue weighted by Crippen LogP contribution is -2.46. The second-order valence-corrected chi connectivity index (χ2v) is 38.2. The molecule has 6 aliphatic rings. The van der Waals surface area contributed by atoms with Gasteiger partial charge in [0.15, 0.2) is 34.5 Å². The molecule has 7 aromatic carbocycles. The first-order valence-corrected chi connectivity index (χ1v) is 47.1. The van der Waals surface area contributed by atoms with E-state index in [2.05, 4.69) is 117 Å². The fraction of sp³-hybridized carbons (Fsp3) is 0.484. The Balaban J connectivity index is 0.000000169. The van der Waals surface area contributed by atoms with Crippen LogP contribution in [0.15, 0.2) is 161 Å². The highest BCUT2D eigenvalue weighted by atomic mass is 32.2. The summed E-state index contributed by atoms with van der Waals surface area (Å²) in [4.78, 5) is 62.5. The standard InChI is InChI=1S/C34H44N4O3.C32H41N3O5S2.C29H43N5O5S/c1-5-36-19-21-37(22-20-36)31-14-9-13-28-29(31)25-38(34(28)39)30(27-16-17-32(40-3)33(23-27)41-4)15-10-18-35(2)24-26-11-7-6-8-12-26;1-5-34-18-15-23(16-19-34)25-9-6-10-26-27(25)22-35(32(26)36)28(24-13-14-29(39-3)30(21-24)40-4)11-7-17-33(2)42(37,38)31-12-8-20-41-31;1-7-32-16-18-33(19-17-32)26-11-8-10-23-24(26)21-34(29(23)35)25(12-9-15-31(4)40(36,37)30(2)3)22-13-14-27(38-5)28(20-22)39-6/h6-9,11-14,16-17,23,30H,5,10,15,18-22,24-25H2,1-4H3;6,8-10,12-14,20-21,23,28H,5,7,11,15-19,22H2,1-4H3;8,10-11,13-14,20,25H,7,9,12,15-19,21H2,1-6H3/t30-;28-;25-/m111/s1. The van der Waals surface area contributed by atoms with E-state index in [1.807, 2.05) is 94.7 Å². The first-order valence-electron chi connectivity index (χ1n) is 43.4. The summed E-state index contributed by atoms with van der Waals surface area (Å²) in [5.41, 5.74) is 13.6. The summed E-state index contributed by atoms with van der Waals surface area (Å²) in [5.74, 6) is 4.41. The molecule has 1 aromatic heterocycles. The highest BCUT2D eigenvalue weighted by molar-refractivity contribution is 7.91. The minimum absolute atomic E-state index is 0.00176. The van der Waals surface area contributed by atoms with Crippen molar-refractivity contribution in [2.75, 3.05) is 192 Å². The molecule has 3 saturated heterocycles. The summed E-state index contributed by atoms with van der Waals surface area (Å²) >= 11 is 1.22. The SMILES string of the molecule is CCN1CCC(c2cccc3c2CN([C@H](CCCN(C)S(=O)(=O)c2cccs2)c2ccc(OC)c(OC)c2)C3=O)CC1.CCN1CCN(c2cccc3c2CN([C@H](CCCN(C)Cc2ccccc2)c2ccc(OC)c(OC)c2)C3=O)CC1.CCN1CCN(c2cccc3c2CN([C@H](CCCN(C)S(=O)(=O)N(C)C)c2ccc(OC)c(OC)c2)C3=O)CC1. The molecule has 0 bridgehead atoms. The first-order chi connectivity index (χ1) is 59.4. The Labute approximate surface area is 734 Å². The van der Waals surface area contributed by atoms with Crippen molar-refractivity contribution in [1.82, 2.24) is 47.2 Å². The van der Waals surface area contributed by atoms with E-state index < -0.39 is 20.2 Å². The number of benzene rings is 7. The van der Waals surface area contributed by atoms with Gasteiger partial charge < -0.3 is 72.5 Å². The third-order valence-electron chi connectivity index (χ3n) is 25.5. The number of likely N-dealkylation sites (N-methyl/N-ethyl adjacent to an activating group) is 2. The Morgan fingerprint density at radius 2 is 0.805 bits per heavy atom. The van der Waals surface area contributed by atoms with E-state index in [1.165, 1.54) is 55.2 Å². The average Bonchev–Trinajstić information content (AvgIpc) is 1.62. The monoisotopic (exact) mass is 1740 g/mol. The molecule has 0 N–H and O–H groups in total. The maximum Gasteiger partial charge on any atom is 0.281 e. The number of rotatable bonds is 36. The molecule has 6 aliphatic heterocycles. The maximum atomic E-state index is 14.0. The van der Waals surface area contributed by atoms with Gasteiger partial charge >= 0.3 is 0 Å². The van der Waals surface area contributed by atoms with Gasteiger partial charge in [-0.3, -0.25) is 14.4 Å². The third kappa shape index (κ3) is 21.6. The molecule has 0 spiro atoms. The zero-order valence-electron chi connectivity index (χ0n) is 74.5. The Bertz CT molecular complexity index is 5080. The van der Waals surface area contributed by atoms with Gasteiger partial charge in [-0.05, 0) is 215 Å². The summed E-state index contributed by atoms with van der Waals surface area (Å²) in [6, 6.07) is 49.4. The summed E-state index contributed by atoms with van der Waals surface area (Å²) < 4.78 is 88.7. The van der Waals surface area contributed by atoms with Gasteiger partial charge in [0.2, 0.25) is 0 Å². The molecular formula is C95H128N12O13S3. The molecule has 0 unspecified atom stereocenters. The average molecular weight is 1740 g/mol. The van der Waals surface area contributed by atoms with Gasteiger partial charge in [-0.25, -0.2) is 12.7 Å². The van der Waals surface area contributed by atoms with Crippen LogP contribution in [-0.4, -0.2) is 264 Å². The molecule has 0 aliphatic carbocycles. The van der Waals surface area contributed by atoms with Crippen LogP contribution >= 0.6 is 11.3 Å². The number of carbonyl (C=O) groups is 3. The molecule has 28 heteroatoms. The molecule has 3 atom stereocenters.